The molecule has 7 heteroatoms. The largest absolute Gasteiger partial charge is 0.492 e. The molecule has 0 saturated carbocycles. The molecule has 1 heterocycles. The van der Waals surface area contributed by atoms with Crippen LogP contribution in [0.5, 0.6) is 5.75 Å². The summed E-state index contributed by atoms with van der Waals surface area (Å²) in [6.07, 6.45) is 2.08. The number of rotatable bonds is 7. The lowest BCUT2D eigenvalue weighted by atomic mass is 10.1. The van der Waals surface area contributed by atoms with Crippen LogP contribution >= 0.6 is 24.0 Å². The van der Waals surface area contributed by atoms with Gasteiger partial charge in [-0.15, -0.1) is 24.0 Å². The summed E-state index contributed by atoms with van der Waals surface area (Å²) < 4.78 is 7.64. The van der Waals surface area contributed by atoms with Gasteiger partial charge in [-0.1, -0.05) is 31.5 Å². The molecule has 1 aromatic carbocycles. The molecule has 0 fully saturated rings. The molecular weight excluding hydrogens is 453 g/mol. The molecule has 6 nitrogen and oxygen atoms in total. The Labute approximate surface area is 180 Å². The van der Waals surface area contributed by atoms with Crippen molar-refractivity contribution >= 4 is 29.9 Å². The van der Waals surface area contributed by atoms with E-state index in [1.165, 1.54) is 11.1 Å². The van der Waals surface area contributed by atoms with Gasteiger partial charge < -0.3 is 15.0 Å². The number of benzene rings is 1. The first-order chi connectivity index (χ1) is 12.4. The molecule has 0 aliphatic heterocycles. The number of aliphatic imine (C=N–C) groups is 1. The van der Waals surface area contributed by atoms with Crippen LogP contribution < -0.4 is 10.1 Å². The average Bonchev–Trinajstić information content (AvgIpc) is 2.97. The van der Waals surface area contributed by atoms with Crippen LogP contribution in [0.25, 0.3) is 0 Å². The fourth-order valence-electron chi connectivity index (χ4n) is 2.84. The number of guanidine groups is 1. The third-order valence-corrected chi connectivity index (χ3v) is 4.14. The number of ether oxygens (including phenoxy) is 1. The van der Waals surface area contributed by atoms with Crippen molar-refractivity contribution in [3.05, 3.63) is 47.3 Å². The van der Waals surface area contributed by atoms with Crippen LogP contribution in [-0.4, -0.2) is 47.9 Å². The van der Waals surface area contributed by atoms with Crippen LogP contribution in [-0.2, 0) is 13.6 Å². The maximum Gasteiger partial charge on any atom is 0.193 e. The van der Waals surface area contributed by atoms with Gasteiger partial charge in [0.25, 0.3) is 0 Å². The second-order valence-electron chi connectivity index (χ2n) is 6.86. The lowest BCUT2D eigenvalue weighted by Crippen LogP contribution is -2.40. The third-order valence-electron chi connectivity index (χ3n) is 4.14. The molecule has 0 aliphatic rings. The van der Waals surface area contributed by atoms with E-state index in [2.05, 4.69) is 59.4 Å². The predicted octanol–water partition coefficient (Wildman–Crippen LogP) is 3.56. The zero-order valence-corrected chi connectivity index (χ0v) is 19.5. The highest BCUT2D eigenvalue weighted by molar-refractivity contribution is 14.0. The number of hydrogen-bond donors (Lipinski definition) is 1. The van der Waals surface area contributed by atoms with E-state index >= 15 is 0 Å². The third kappa shape index (κ3) is 7.04. The molecule has 0 unspecified atom stereocenters. The Kier molecular flexibility index (Phi) is 9.62. The van der Waals surface area contributed by atoms with Gasteiger partial charge in [0, 0.05) is 39.4 Å². The van der Waals surface area contributed by atoms with Gasteiger partial charge in [0.2, 0.25) is 0 Å². The first kappa shape index (κ1) is 23.3. The second-order valence-corrected chi connectivity index (χ2v) is 6.86. The second kappa shape index (κ2) is 11.2. The molecule has 0 aliphatic carbocycles. The van der Waals surface area contributed by atoms with Gasteiger partial charge in [0.1, 0.15) is 12.4 Å². The van der Waals surface area contributed by atoms with Crippen LogP contribution in [0, 0.1) is 6.92 Å². The summed E-state index contributed by atoms with van der Waals surface area (Å²) in [6.45, 7) is 8.44. The van der Waals surface area contributed by atoms with Crippen molar-refractivity contribution in [2.24, 2.45) is 12.0 Å². The Morgan fingerprint density at radius 1 is 1.30 bits per heavy atom. The van der Waals surface area contributed by atoms with Gasteiger partial charge in [0.15, 0.2) is 5.96 Å². The van der Waals surface area contributed by atoms with Crippen molar-refractivity contribution in [3.63, 3.8) is 0 Å². The summed E-state index contributed by atoms with van der Waals surface area (Å²) >= 11 is 0. The summed E-state index contributed by atoms with van der Waals surface area (Å²) in [5.41, 5.74) is 3.59. The minimum absolute atomic E-state index is 0. The monoisotopic (exact) mass is 485 g/mol. The summed E-state index contributed by atoms with van der Waals surface area (Å²) in [7, 11) is 5.80. The Bertz CT molecular complexity index is 724. The van der Waals surface area contributed by atoms with E-state index in [1.54, 1.807) is 7.05 Å². The molecule has 0 amide bonds. The summed E-state index contributed by atoms with van der Waals surface area (Å²) in [4.78, 5) is 6.48. The minimum Gasteiger partial charge on any atom is -0.492 e. The van der Waals surface area contributed by atoms with Crippen LogP contribution in [0.15, 0.2) is 35.5 Å². The van der Waals surface area contributed by atoms with E-state index in [0.29, 0.717) is 19.1 Å². The molecule has 0 radical (unpaired) electrons. The molecule has 0 spiro atoms. The van der Waals surface area contributed by atoms with E-state index in [9.17, 15) is 0 Å². The zero-order chi connectivity index (χ0) is 19.1. The van der Waals surface area contributed by atoms with E-state index < -0.39 is 0 Å². The van der Waals surface area contributed by atoms with Gasteiger partial charge in [-0.25, -0.2) is 0 Å². The lowest BCUT2D eigenvalue weighted by Gasteiger charge is -2.22. The highest BCUT2D eigenvalue weighted by Gasteiger charge is 2.14. The Hall–Kier alpha value is -1.77. The van der Waals surface area contributed by atoms with Crippen molar-refractivity contribution in [2.45, 2.75) is 33.2 Å². The predicted molar refractivity (Wildman–Crippen MR) is 122 cm³/mol. The molecular formula is C20H32IN5O. The average molecular weight is 485 g/mol. The maximum atomic E-state index is 5.76. The highest BCUT2D eigenvalue weighted by Crippen LogP contribution is 2.18. The van der Waals surface area contributed by atoms with E-state index in [-0.39, 0.29) is 24.0 Å². The fourth-order valence-corrected chi connectivity index (χ4v) is 2.84. The summed E-state index contributed by atoms with van der Waals surface area (Å²) in [6, 6.07) is 8.09. The van der Waals surface area contributed by atoms with E-state index in [0.717, 1.165) is 23.9 Å². The van der Waals surface area contributed by atoms with Crippen LogP contribution in [0.4, 0.5) is 0 Å². The first-order valence-corrected chi connectivity index (χ1v) is 9.04. The number of hydrogen-bond acceptors (Lipinski definition) is 3. The van der Waals surface area contributed by atoms with Crippen molar-refractivity contribution in [1.82, 2.24) is 20.0 Å². The maximum absolute atomic E-state index is 5.76. The molecule has 27 heavy (non-hydrogen) atoms. The molecule has 2 rings (SSSR count). The number of aromatic nitrogens is 2. The van der Waals surface area contributed by atoms with Gasteiger partial charge in [-0.05, 0) is 25.0 Å². The number of nitrogens with one attached hydrogen (secondary N) is 1. The molecule has 1 N–H and O–H groups in total. The summed E-state index contributed by atoms with van der Waals surface area (Å²) in [5.74, 6) is 2.13. The Balaban J connectivity index is 0.00000364. The quantitative estimate of drug-likeness (QED) is 0.282. The smallest absolute Gasteiger partial charge is 0.193 e. The highest BCUT2D eigenvalue weighted by atomic mass is 127. The van der Waals surface area contributed by atoms with E-state index in [4.69, 9.17) is 4.74 Å². The number of halogens is 1. The lowest BCUT2D eigenvalue weighted by molar-refractivity contribution is 0.319. The Morgan fingerprint density at radius 2 is 1.96 bits per heavy atom. The normalized spacial score (nSPS) is 11.3. The van der Waals surface area contributed by atoms with Crippen LogP contribution in [0.3, 0.4) is 0 Å². The van der Waals surface area contributed by atoms with Gasteiger partial charge in [-0.3, -0.25) is 9.67 Å². The summed E-state index contributed by atoms with van der Waals surface area (Å²) in [5, 5.41) is 7.92. The van der Waals surface area contributed by atoms with Crippen molar-refractivity contribution < 1.29 is 4.74 Å². The standard InChI is InChI=1S/C20H31N5O.HI/c1-15(2)19-17(14-25(6)23-19)13-24(5)20(21-4)22-11-12-26-18-9-7-16(3)8-10-18;/h7-10,14-15H,11-13H2,1-6H3,(H,21,22);1H. The van der Waals surface area contributed by atoms with Gasteiger partial charge in [-0.2, -0.15) is 5.10 Å². The fraction of sp³-hybridized carbons (Fsp3) is 0.500. The Morgan fingerprint density at radius 3 is 2.56 bits per heavy atom. The van der Waals surface area contributed by atoms with E-state index in [1.807, 2.05) is 30.9 Å². The minimum atomic E-state index is 0. The molecule has 0 bridgehead atoms. The van der Waals surface area contributed by atoms with Gasteiger partial charge >= 0.3 is 0 Å². The van der Waals surface area contributed by atoms with Gasteiger partial charge in [0.05, 0.1) is 12.2 Å². The molecule has 2 aromatic rings. The first-order valence-electron chi connectivity index (χ1n) is 9.04. The topological polar surface area (TPSA) is 54.7 Å². The molecule has 0 atom stereocenters. The van der Waals surface area contributed by atoms with Crippen molar-refractivity contribution in [1.29, 1.82) is 0 Å². The number of nitrogens with zero attached hydrogens (tertiary/aromatic N) is 4. The molecule has 0 saturated heterocycles. The molecule has 150 valence electrons. The zero-order valence-electron chi connectivity index (χ0n) is 17.2. The van der Waals surface area contributed by atoms with Crippen molar-refractivity contribution in [2.75, 3.05) is 27.2 Å². The number of aryl methyl sites for hydroxylation is 2. The molecule has 1 aromatic heterocycles. The van der Waals surface area contributed by atoms with Crippen LogP contribution in [0.2, 0.25) is 0 Å². The van der Waals surface area contributed by atoms with Crippen molar-refractivity contribution in [3.8, 4) is 5.75 Å². The SMILES string of the molecule is CN=C(NCCOc1ccc(C)cc1)N(C)Cc1cn(C)nc1C(C)C.I. The van der Waals surface area contributed by atoms with Crippen LogP contribution in [0.1, 0.15) is 36.6 Å².